The van der Waals surface area contributed by atoms with Crippen LogP contribution in [0.2, 0.25) is 5.02 Å². The summed E-state index contributed by atoms with van der Waals surface area (Å²) >= 11 is 7.38. The van der Waals surface area contributed by atoms with E-state index in [0.717, 1.165) is 11.1 Å². The van der Waals surface area contributed by atoms with E-state index in [2.05, 4.69) is 30.3 Å². The van der Waals surface area contributed by atoms with Crippen molar-refractivity contribution in [1.82, 2.24) is 0 Å². The highest BCUT2D eigenvalue weighted by molar-refractivity contribution is 7.99. The molecule has 28 heavy (non-hydrogen) atoms. The van der Waals surface area contributed by atoms with E-state index in [0.29, 0.717) is 23.6 Å². The highest BCUT2D eigenvalue weighted by Gasteiger charge is 2.09. The summed E-state index contributed by atoms with van der Waals surface area (Å²) in [5.74, 6) is 0.156. The fraction of sp³-hybridized carbons (Fsp3) is 0.174. The predicted octanol–water partition coefficient (Wildman–Crippen LogP) is 6.74. The van der Waals surface area contributed by atoms with E-state index in [-0.39, 0.29) is 5.02 Å². The lowest BCUT2D eigenvalue weighted by molar-refractivity contribution is 0.130. The Morgan fingerprint density at radius 2 is 1.86 bits per heavy atom. The molecule has 0 bridgehead atoms. The van der Waals surface area contributed by atoms with Crippen LogP contribution in [0.25, 0.3) is 11.1 Å². The predicted molar refractivity (Wildman–Crippen MR) is 118 cm³/mol. The third-order valence-corrected chi connectivity index (χ3v) is 5.33. The van der Waals surface area contributed by atoms with Crippen molar-refractivity contribution in [2.75, 3.05) is 12.0 Å². The maximum absolute atomic E-state index is 13.8. The molecule has 0 atom stereocenters. The van der Waals surface area contributed by atoms with Crippen LogP contribution >= 0.6 is 23.4 Å². The zero-order valence-corrected chi connectivity index (χ0v) is 17.4. The minimum Gasteiger partial charge on any atom is -0.391 e. The summed E-state index contributed by atoms with van der Waals surface area (Å²) in [4.78, 5) is 5.65. The van der Waals surface area contributed by atoms with E-state index in [9.17, 15) is 4.39 Å². The van der Waals surface area contributed by atoms with Gasteiger partial charge in [-0.15, -0.1) is 0 Å². The maximum Gasteiger partial charge on any atom is 0.142 e. The first kappa shape index (κ1) is 20.4. The van der Waals surface area contributed by atoms with Crippen LogP contribution in [0.5, 0.6) is 0 Å². The summed E-state index contributed by atoms with van der Waals surface area (Å²) in [7, 11) is 0. The van der Waals surface area contributed by atoms with Gasteiger partial charge in [0.1, 0.15) is 12.4 Å². The normalized spacial score (nSPS) is 11.5. The number of benzene rings is 3. The molecule has 3 aromatic rings. The SMILES string of the molecule is CSC/C(=N\OCc1cccc(-c2ccccc2)c1C)c1ccc(Cl)c(F)c1. The molecule has 0 aromatic heterocycles. The van der Waals surface area contributed by atoms with Crippen molar-refractivity contribution >= 4 is 29.1 Å². The molecule has 3 aromatic carbocycles. The van der Waals surface area contributed by atoms with Gasteiger partial charge >= 0.3 is 0 Å². The molecule has 3 rings (SSSR count). The van der Waals surface area contributed by atoms with E-state index in [1.54, 1.807) is 17.8 Å². The van der Waals surface area contributed by atoms with Crippen molar-refractivity contribution in [3.63, 3.8) is 0 Å². The summed E-state index contributed by atoms with van der Waals surface area (Å²) in [6, 6.07) is 21.1. The van der Waals surface area contributed by atoms with Gasteiger partial charge in [-0.1, -0.05) is 71.4 Å². The molecule has 144 valence electrons. The number of hydrogen-bond donors (Lipinski definition) is 0. The fourth-order valence-electron chi connectivity index (χ4n) is 2.92. The topological polar surface area (TPSA) is 21.6 Å². The highest BCUT2D eigenvalue weighted by atomic mass is 35.5. The van der Waals surface area contributed by atoms with Crippen LogP contribution in [-0.4, -0.2) is 17.7 Å². The molecule has 0 aliphatic rings. The van der Waals surface area contributed by atoms with Crippen LogP contribution in [0.3, 0.4) is 0 Å². The van der Waals surface area contributed by atoms with Crippen molar-refractivity contribution in [2.45, 2.75) is 13.5 Å². The van der Waals surface area contributed by atoms with Crippen molar-refractivity contribution in [3.8, 4) is 11.1 Å². The first-order chi connectivity index (χ1) is 13.6. The van der Waals surface area contributed by atoms with Gasteiger partial charge in [0.2, 0.25) is 0 Å². The van der Waals surface area contributed by atoms with E-state index < -0.39 is 5.82 Å². The number of halogens is 2. The van der Waals surface area contributed by atoms with E-state index in [1.807, 2.05) is 36.6 Å². The van der Waals surface area contributed by atoms with E-state index in [4.69, 9.17) is 16.4 Å². The molecule has 0 aliphatic carbocycles. The van der Waals surface area contributed by atoms with Gasteiger partial charge < -0.3 is 4.84 Å². The average Bonchev–Trinajstić information content (AvgIpc) is 2.71. The second-order valence-electron chi connectivity index (χ2n) is 6.33. The standard InChI is InChI=1S/C23H21ClFNOS/c1-16-19(9-6-10-20(16)17-7-4-3-5-8-17)14-27-26-23(15-28-2)18-11-12-21(24)22(25)13-18/h3-13H,14-15H2,1-2H3/b26-23+. The first-order valence-corrected chi connectivity index (χ1v) is 10.6. The number of rotatable bonds is 7. The van der Waals surface area contributed by atoms with Crippen molar-refractivity contribution in [2.24, 2.45) is 5.16 Å². The Labute approximate surface area is 174 Å². The van der Waals surface area contributed by atoms with Gasteiger partial charge in [-0.05, 0) is 47.6 Å². The lowest BCUT2D eigenvalue weighted by atomic mass is 9.97. The van der Waals surface area contributed by atoms with Gasteiger partial charge in [0, 0.05) is 11.3 Å². The highest BCUT2D eigenvalue weighted by Crippen LogP contribution is 2.26. The van der Waals surface area contributed by atoms with Crippen LogP contribution in [0.1, 0.15) is 16.7 Å². The van der Waals surface area contributed by atoms with Gasteiger partial charge in [-0.3, -0.25) is 0 Å². The molecular weight excluding hydrogens is 393 g/mol. The molecule has 0 aliphatic heterocycles. The fourth-order valence-corrected chi connectivity index (χ4v) is 3.54. The van der Waals surface area contributed by atoms with Crippen molar-refractivity contribution in [1.29, 1.82) is 0 Å². The molecule has 0 saturated heterocycles. The average molecular weight is 414 g/mol. The molecule has 0 N–H and O–H groups in total. The van der Waals surface area contributed by atoms with Crippen molar-refractivity contribution < 1.29 is 9.23 Å². The maximum atomic E-state index is 13.8. The third kappa shape index (κ3) is 4.94. The Morgan fingerprint density at radius 3 is 2.57 bits per heavy atom. The molecule has 2 nitrogen and oxygen atoms in total. The molecule has 0 fully saturated rings. The molecule has 0 saturated carbocycles. The second kappa shape index (κ2) is 9.76. The van der Waals surface area contributed by atoms with Crippen LogP contribution in [0, 0.1) is 12.7 Å². The van der Waals surface area contributed by atoms with Crippen LogP contribution < -0.4 is 0 Å². The van der Waals surface area contributed by atoms with Crippen LogP contribution in [-0.2, 0) is 11.4 Å². The Bertz CT molecular complexity index is 976. The first-order valence-electron chi connectivity index (χ1n) is 8.87. The summed E-state index contributed by atoms with van der Waals surface area (Å²) in [6.07, 6.45) is 1.97. The number of nitrogens with zero attached hydrogens (tertiary/aromatic N) is 1. The quantitative estimate of drug-likeness (QED) is 0.316. The summed E-state index contributed by atoms with van der Waals surface area (Å²) in [5.41, 5.74) is 5.93. The molecule has 0 radical (unpaired) electrons. The summed E-state index contributed by atoms with van der Waals surface area (Å²) < 4.78 is 13.8. The molecular formula is C23H21ClFNOS. The molecule has 0 unspecified atom stereocenters. The Kier molecular flexibility index (Phi) is 7.12. The zero-order valence-electron chi connectivity index (χ0n) is 15.8. The Hall–Kier alpha value is -2.30. The van der Waals surface area contributed by atoms with Gasteiger partial charge in [-0.25, -0.2) is 4.39 Å². The van der Waals surface area contributed by atoms with Gasteiger partial charge in [0.15, 0.2) is 0 Å². The number of hydrogen-bond acceptors (Lipinski definition) is 3. The van der Waals surface area contributed by atoms with Crippen LogP contribution in [0.4, 0.5) is 4.39 Å². The lowest BCUT2D eigenvalue weighted by Gasteiger charge is -2.12. The van der Waals surface area contributed by atoms with Crippen molar-refractivity contribution in [3.05, 3.63) is 94.3 Å². The zero-order chi connectivity index (χ0) is 19.9. The van der Waals surface area contributed by atoms with Gasteiger partial charge in [0.05, 0.1) is 10.7 Å². The monoisotopic (exact) mass is 413 g/mol. The lowest BCUT2D eigenvalue weighted by Crippen LogP contribution is -2.06. The Morgan fingerprint density at radius 1 is 1.07 bits per heavy atom. The molecule has 5 heteroatoms. The molecule has 0 heterocycles. The second-order valence-corrected chi connectivity index (χ2v) is 7.60. The van der Waals surface area contributed by atoms with Gasteiger partial charge in [0.25, 0.3) is 0 Å². The molecule has 0 amide bonds. The largest absolute Gasteiger partial charge is 0.391 e. The molecule has 0 spiro atoms. The number of thioether (sulfide) groups is 1. The minimum atomic E-state index is -0.459. The number of oxime groups is 1. The summed E-state index contributed by atoms with van der Waals surface area (Å²) in [6.45, 7) is 2.43. The minimum absolute atomic E-state index is 0.0986. The van der Waals surface area contributed by atoms with Gasteiger partial charge in [-0.2, -0.15) is 11.8 Å². The van der Waals surface area contributed by atoms with Crippen LogP contribution in [0.15, 0.2) is 71.9 Å². The summed E-state index contributed by atoms with van der Waals surface area (Å²) in [5, 5.41) is 4.38. The Balaban J connectivity index is 1.79. The van der Waals surface area contributed by atoms with E-state index >= 15 is 0 Å². The smallest absolute Gasteiger partial charge is 0.142 e. The van der Waals surface area contributed by atoms with E-state index in [1.165, 1.54) is 23.3 Å². The third-order valence-electron chi connectivity index (χ3n) is 4.46.